The number of nitrogens with one attached hydrogen (secondary N) is 2. The minimum absolute atomic E-state index is 0.00698. The highest BCUT2D eigenvalue weighted by Gasteiger charge is 2.47. The van der Waals surface area contributed by atoms with E-state index in [2.05, 4.69) is 33.5 Å². The first kappa shape index (κ1) is 12.5. The number of fused-ring (bicyclic) bond motifs is 1. The minimum Gasteiger partial charge on any atom is -0.335 e. The Labute approximate surface area is 135 Å². The Morgan fingerprint density at radius 2 is 1.30 bits per heavy atom. The Hall–Kier alpha value is -1.22. The molecule has 2 aliphatic heterocycles. The Bertz CT molecular complexity index is 593. The Kier molecular flexibility index (Phi) is 2.92. The summed E-state index contributed by atoms with van der Waals surface area (Å²) in [4.78, 5) is 2.40. The van der Waals surface area contributed by atoms with E-state index < -0.39 is 0 Å². The molecule has 2 saturated heterocycles. The molecule has 0 radical (unpaired) electrons. The second kappa shape index (κ2) is 4.66. The second-order valence-corrected chi connectivity index (χ2v) is 7.16. The van der Waals surface area contributed by atoms with Crippen LogP contribution >= 0.6 is 47.1 Å². The lowest BCUT2D eigenvalue weighted by Gasteiger charge is -2.25. The van der Waals surface area contributed by atoms with Gasteiger partial charge in [0.15, 0.2) is 22.6 Å². The molecule has 0 amide bonds. The monoisotopic (exact) mass is 338 g/mol. The van der Waals surface area contributed by atoms with Crippen molar-refractivity contribution in [2.45, 2.75) is 12.3 Å². The highest BCUT2D eigenvalue weighted by molar-refractivity contribution is 7.80. The minimum atomic E-state index is -0.00698. The fourth-order valence-electron chi connectivity index (χ4n) is 2.44. The number of hydrogen-bond donors (Lipinski definition) is 2. The Balaban J connectivity index is 1.73. The first-order valence-corrected chi connectivity index (χ1v) is 8.59. The normalized spacial score (nSPS) is 24.8. The molecule has 4 rings (SSSR count). The molecule has 0 saturated carbocycles. The molecule has 4 nitrogen and oxygen atoms in total. The summed E-state index contributed by atoms with van der Waals surface area (Å²) in [6, 6.07) is 8.26. The van der Waals surface area contributed by atoms with Crippen molar-refractivity contribution in [1.82, 2.24) is 20.7 Å². The molecule has 0 aliphatic carbocycles. The fourth-order valence-corrected chi connectivity index (χ4v) is 4.57. The summed E-state index contributed by atoms with van der Waals surface area (Å²) in [5, 5.41) is 16.3. The van der Waals surface area contributed by atoms with Gasteiger partial charge in [-0.1, -0.05) is 12.1 Å². The van der Waals surface area contributed by atoms with E-state index in [0.29, 0.717) is 10.2 Å². The van der Waals surface area contributed by atoms with E-state index in [4.69, 9.17) is 24.4 Å². The van der Waals surface area contributed by atoms with Crippen LogP contribution in [0.25, 0.3) is 0 Å². The molecule has 8 heteroatoms. The van der Waals surface area contributed by atoms with E-state index in [1.165, 1.54) is 9.75 Å². The van der Waals surface area contributed by atoms with Crippen molar-refractivity contribution in [3.05, 3.63) is 44.8 Å². The molecular weight excluding hydrogens is 328 g/mol. The summed E-state index contributed by atoms with van der Waals surface area (Å²) >= 11 is 14.4. The van der Waals surface area contributed by atoms with E-state index in [0.717, 1.165) is 0 Å². The first-order chi connectivity index (χ1) is 9.75. The van der Waals surface area contributed by atoms with E-state index >= 15 is 0 Å². The summed E-state index contributed by atoms with van der Waals surface area (Å²) in [7, 11) is 0. The van der Waals surface area contributed by atoms with Gasteiger partial charge < -0.3 is 10.6 Å². The van der Waals surface area contributed by atoms with Crippen LogP contribution in [0.3, 0.4) is 0 Å². The SMILES string of the molecule is S=C1NC(c2cccs2)N2C(=S)NC(c3cccs3)N12. The zero-order chi connectivity index (χ0) is 13.7. The van der Waals surface area contributed by atoms with Crippen LogP contribution in [0.1, 0.15) is 22.1 Å². The van der Waals surface area contributed by atoms with Gasteiger partial charge in [-0.25, -0.2) is 10.0 Å². The van der Waals surface area contributed by atoms with Crippen LogP contribution in [-0.4, -0.2) is 20.2 Å². The van der Waals surface area contributed by atoms with Crippen LogP contribution < -0.4 is 10.6 Å². The van der Waals surface area contributed by atoms with Gasteiger partial charge in [0.1, 0.15) is 0 Å². The van der Waals surface area contributed by atoms with Gasteiger partial charge >= 0.3 is 0 Å². The number of nitrogens with zero attached hydrogens (tertiary/aromatic N) is 2. The van der Waals surface area contributed by atoms with Crippen LogP contribution in [0.4, 0.5) is 0 Å². The highest BCUT2D eigenvalue weighted by Crippen LogP contribution is 2.38. The van der Waals surface area contributed by atoms with Crippen LogP contribution in [0, 0.1) is 0 Å². The van der Waals surface area contributed by atoms with Crippen molar-refractivity contribution < 1.29 is 0 Å². The molecule has 0 aromatic carbocycles. The zero-order valence-corrected chi connectivity index (χ0v) is 13.4. The number of thiocarbonyl (C=S) groups is 2. The van der Waals surface area contributed by atoms with Crippen molar-refractivity contribution in [2.24, 2.45) is 0 Å². The van der Waals surface area contributed by atoms with E-state index in [1.807, 2.05) is 22.2 Å². The predicted molar refractivity (Wildman–Crippen MR) is 89.3 cm³/mol. The van der Waals surface area contributed by atoms with Gasteiger partial charge in [0.25, 0.3) is 0 Å². The standard InChI is InChI=1S/C12H10N4S4/c17-11-13-9(7-3-1-5-19-7)15-12(18)14-10(16(11)15)8-4-2-6-20-8/h1-6,9-10H,(H,13,17)(H,14,18). The fraction of sp³-hybridized carbons (Fsp3) is 0.167. The highest BCUT2D eigenvalue weighted by atomic mass is 32.1. The maximum Gasteiger partial charge on any atom is 0.192 e. The molecule has 102 valence electrons. The molecule has 20 heavy (non-hydrogen) atoms. The number of hydrogen-bond acceptors (Lipinski definition) is 4. The number of thiophene rings is 2. The van der Waals surface area contributed by atoms with Crippen LogP contribution in [0.2, 0.25) is 0 Å². The van der Waals surface area contributed by atoms with Gasteiger partial charge in [-0.2, -0.15) is 0 Å². The molecule has 2 aliphatic rings. The summed E-state index contributed by atoms with van der Waals surface area (Å²) in [5.41, 5.74) is 0. The molecule has 2 fully saturated rings. The molecule has 0 bridgehead atoms. The lowest BCUT2D eigenvalue weighted by Crippen LogP contribution is -2.35. The molecule has 4 heterocycles. The van der Waals surface area contributed by atoms with Crippen LogP contribution in [-0.2, 0) is 0 Å². The summed E-state index contributed by atoms with van der Waals surface area (Å²) < 4.78 is 0. The third kappa shape index (κ3) is 1.76. The van der Waals surface area contributed by atoms with Crippen molar-refractivity contribution in [3.8, 4) is 0 Å². The third-order valence-corrected chi connectivity index (χ3v) is 5.74. The van der Waals surface area contributed by atoms with Gasteiger partial charge in [0, 0.05) is 9.75 Å². The van der Waals surface area contributed by atoms with Crippen LogP contribution in [0.5, 0.6) is 0 Å². The Morgan fingerprint density at radius 1 is 0.850 bits per heavy atom. The zero-order valence-electron chi connectivity index (χ0n) is 10.1. The average molecular weight is 339 g/mol. The van der Waals surface area contributed by atoms with Crippen molar-refractivity contribution >= 4 is 57.3 Å². The first-order valence-electron chi connectivity index (χ1n) is 6.02. The quantitative estimate of drug-likeness (QED) is 0.819. The molecule has 2 aromatic rings. The van der Waals surface area contributed by atoms with Gasteiger partial charge in [0.05, 0.1) is 0 Å². The molecule has 2 unspecified atom stereocenters. The molecule has 2 N–H and O–H groups in total. The summed E-state index contributed by atoms with van der Waals surface area (Å²) in [6.07, 6.45) is -0.0140. The lowest BCUT2D eigenvalue weighted by atomic mass is 10.4. The number of rotatable bonds is 2. The van der Waals surface area contributed by atoms with E-state index in [1.54, 1.807) is 22.7 Å². The second-order valence-electron chi connectivity index (χ2n) is 4.42. The predicted octanol–water partition coefficient (Wildman–Crippen LogP) is 2.80. The van der Waals surface area contributed by atoms with Gasteiger partial charge in [0.2, 0.25) is 0 Å². The lowest BCUT2D eigenvalue weighted by molar-refractivity contribution is 0.117. The summed E-state index contributed by atoms with van der Waals surface area (Å²) in [5.74, 6) is 0. The Morgan fingerprint density at radius 3 is 1.65 bits per heavy atom. The van der Waals surface area contributed by atoms with Gasteiger partial charge in [-0.05, 0) is 47.3 Å². The van der Waals surface area contributed by atoms with Gasteiger partial charge in [-0.3, -0.25) is 0 Å². The van der Waals surface area contributed by atoms with Crippen molar-refractivity contribution in [1.29, 1.82) is 0 Å². The van der Waals surface area contributed by atoms with Crippen LogP contribution in [0.15, 0.2) is 35.0 Å². The molecule has 2 aromatic heterocycles. The number of hydrazine groups is 1. The van der Waals surface area contributed by atoms with Gasteiger partial charge in [-0.15, -0.1) is 22.7 Å². The maximum absolute atomic E-state index is 5.49. The topological polar surface area (TPSA) is 30.5 Å². The van der Waals surface area contributed by atoms with Crippen molar-refractivity contribution in [3.63, 3.8) is 0 Å². The molecule has 0 spiro atoms. The third-order valence-electron chi connectivity index (χ3n) is 3.28. The average Bonchev–Trinajstić information content (AvgIpc) is 3.17. The molecular formula is C12H10N4S4. The van der Waals surface area contributed by atoms with E-state index in [9.17, 15) is 0 Å². The summed E-state index contributed by atoms with van der Waals surface area (Å²) in [6.45, 7) is 0. The largest absolute Gasteiger partial charge is 0.335 e. The maximum atomic E-state index is 5.49. The van der Waals surface area contributed by atoms with E-state index in [-0.39, 0.29) is 12.3 Å². The smallest absolute Gasteiger partial charge is 0.192 e. The van der Waals surface area contributed by atoms with Crippen molar-refractivity contribution in [2.75, 3.05) is 0 Å². The molecule has 2 atom stereocenters.